The lowest BCUT2D eigenvalue weighted by Crippen LogP contribution is -2.05. The van der Waals surface area contributed by atoms with Crippen LogP contribution in [-0.2, 0) is 22.3 Å². The van der Waals surface area contributed by atoms with Gasteiger partial charge in [-0.25, -0.2) is 9.97 Å². The predicted octanol–water partition coefficient (Wildman–Crippen LogP) is 12.9. The molecule has 0 aliphatic carbocycles. The van der Waals surface area contributed by atoms with E-state index in [0.29, 0.717) is 0 Å². The highest BCUT2D eigenvalue weighted by Gasteiger charge is 2.26. The minimum atomic E-state index is -0.513. The van der Waals surface area contributed by atoms with E-state index in [4.69, 9.17) is 19.4 Å². The van der Waals surface area contributed by atoms with Gasteiger partial charge in [0.05, 0.1) is 22.8 Å². The number of allylic oxidation sites excluding steroid dienone is 4. The number of benzene rings is 2. The average Bonchev–Trinajstić information content (AvgIpc) is 3.89. The minimum Gasteiger partial charge on any atom is -0.355 e. The van der Waals surface area contributed by atoms with Crippen LogP contribution in [-0.4, -0.2) is 34.2 Å². The number of unbranched alkanes of at least 4 members (excludes halogenated alkanes) is 2. The molecule has 59 heavy (non-hydrogen) atoms. The van der Waals surface area contributed by atoms with Crippen molar-refractivity contribution in [3.05, 3.63) is 128 Å². The molecule has 300 valence electrons. The van der Waals surface area contributed by atoms with Crippen LogP contribution in [0, 0.1) is 37.5 Å². The molecule has 5 aromatic rings. The van der Waals surface area contributed by atoms with Crippen molar-refractivity contribution in [1.82, 2.24) is 19.9 Å². The van der Waals surface area contributed by atoms with Crippen LogP contribution in [0.2, 0.25) is 0 Å². The Morgan fingerprint density at radius 3 is 1.56 bits per heavy atom. The molecule has 0 amide bonds. The average molecular weight is 781 g/mol. The SMILES string of the molecule is CCCCc1c(C)c2cc3nc(c(-c4ccccc4C#CC#Cc4ccccc4C(OC)OC)c4nc(cc5[nH]c(cc1[nH]2)c(CCCC)c5C)C(C)=C4C)C(C)=C3C. The van der Waals surface area contributed by atoms with Gasteiger partial charge in [0.15, 0.2) is 6.29 Å². The van der Waals surface area contributed by atoms with Crippen LogP contribution in [0.1, 0.15) is 135 Å². The Morgan fingerprint density at radius 1 is 0.576 bits per heavy atom. The van der Waals surface area contributed by atoms with Crippen LogP contribution in [0.3, 0.4) is 0 Å². The fraction of sp³-hybridized carbons (Fsp3) is 0.321. The quantitative estimate of drug-likeness (QED) is 0.109. The Labute approximate surface area is 350 Å². The Morgan fingerprint density at radius 2 is 1.05 bits per heavy atom. The lowest BCUT2D eigenvalue weighted by atomic mass is 9.92. The summed E-state index contributed by atoms with van der Waals surface area (Å²) in [6.07, 6.45) is 6.06. The number of aromatic nitrogens is 4. The van der Waals surface area contributed by atoms with E-state index >= 15 is 0 Å². The van der Waals surface area contributed by atoms with E-state index in [2.05, 4.69) is 125 Å². The third kappa shape index (κ3) is 8.09. The molecule has 0 fully saturated rings. The van der Waals surface area contributed by atoms with Gasteiger partial charge in [0.25, 0.3) is 0 Å². The van der Waals surface area contributed by atoms with Crippen molar-refractivity contribution < 1.29 is 9.47 Å². The lowest BCUT2D eigenvalue weighted by molar-refractivity contribution is -0.106. The first kappa shape index (κ1) is 41.2. The molecule has 0 saturated carbocycles. The van der Waals surface area contributed by atoms with Crippen molar-refractivity contribution in [2.75, 3.05) is 14.2 Å². The summed E-state index contributed by atoms with van der Waals surface area (Å²) in [6, 6.07) is 23.0. The molecular weight excluding hydrogens is 725 g/mol. The van der Waals surface area contributed by atoms with Crippen LogP contribution >= 0.6 is 0 Å². The summed E-state index contributed by atoms with van der Waals surface area (Å²) >= 11 is 0. The van der Waals surface area contributed by atoms with Crippen LogP contribution in [0.15, 0.2) is 66.7 Å². The first-order valence-corrected chi connectivity index (χ1v) is 21.0. The smallest absolute Gasteiger partial charge is 0.184 e. The maximum atomic E-state index is 5.53. The summed E-state index contributed by atoms with van der Waals surface area (Å²) in [6.45, 7) is 17.8. The van der Waals surface area contributed by atoms with E-state index in [1.807, 2.05) is 30.3 Å². The number of ether oxygens (including phenoxy) is 2. The van der Waals surface area contributed by atoms with Crippen molar-refractivity contribution in [2.45, 2.75) is 100 Å². The van der Waals surface area contributed by atoms with Crippen molar-refractivity contribution in [2.24, 2.45) is 0 Å². The first-order valence-electron chi connectivity index (χ1n) is 21.0. The Balaban J connectivity index is 1.54. The molecule has 0 unspecified atom stereocenters. The number of methoxy groups -OCH3 is 2. The van der Waals surface area contributed by atoms with E-state index in [9.17, 15) is 0 Å². The number of aromatic amines is 2. The van der Waals surface area contributed by atoms with E-state index in [-0.39, 0.29) is 0 Å². The number of nitrogens with zero attached hydrogens (tertiary/aromatic N) is 2. The molecule has 8 bridgehead atoms. The van der Waals surface area contributed by atoms with Gasteiger partial charge >= 0.3 is 0 Å². The highest BCUT2D eigenvalue weighted by Crippen LogP contribution is 2.43. The molecule has 5 heterocycles. The number of H-pyrrole nitrogens is 2. The van der Waals surface area contributed by atoms with E-state index in [0.717, 1.165) is 122 Å². The summed E-state index contributed by atoms with van der Waals surface area (Å²) in [4.78, 5) is 18.7. The van der Waals surface area contributed by atoms with Gasteiger partial charge in [0.2, 0.25) is 0 Å². The number of hydrogen-bond donors (Lipinski definition) is 2. The Bertz CT molecular complexity index is 2680. The van der Waals surface area contributed by atoms with E-state index in [1.165, 1.54) is 33.3 Å². The van der Waals surface area contributed by atoms with Crippen LogP contribution in [0.25, 0.3) is 55.5 Å². The molecule has 2 aliphatic heterocycles. The molecule has 2 aliphatic rings. The first-order chi connectivity index (χ1) is 28.6. The third-order valence-electron chi connectivity index (χ3n) is 12.2. The molecule has 0 spiro atoms. The molecule has 2 N–H and O–H groups in total. The van der Waals surface area contributed by atoms with Gasteiger partial charge in [-0.1, -0.05) is 74.9 Å². The normalized spacial score (nSPS) is 12.5. The molecule has 3 aromatic heterocycles. The number of nitrogens with one attached hydrogen (secondary N) is 2. The number of fused-ring (bicyclic) bond motifs is 8. The van der Waals surface area contributed by atoms with Gasteiger partial charge in [-0.3, -0.25) is 0 Å². The van der Waals surface area contributed by atoms with Gasteiger partial charge in [-0.15, -0.1) is 0 Å². The second-order valence-electron chi connectivity index (χ2n) is 15.8. The van der Waals surface area contributed by atoms with Gasteiger partial charge in [-0.2, -0.15) is 0 Å². The molecule has 2 aromatic carbocycles. The van der Waals surface area contributed by atoms with Crippen molar-refractivity contribution in [3.63, 3.8) is 0 Å². The summed E-state index contributed by atoms with van der Waals surface area (Å²) in [5.41, 5.74) is 22.6. The van der Waals surface area contributed by atoms with Gasteiger partial charge in [-0.05, 0) is 154 Å². The zero-order chi connectivity index (χ0) is 41.8. The summed E-state index contributed by atoms with van der Waals surface area (Å²) < 4.78 is 11.1. The number of rotatable bonds is 10. The monoisotopic (exact) mass is 780 g/mol. The van der Waals surface area contributed by atoms with Crippen molar-refractivity contribution in [3.8, 4) is 34.8 Å². The van der Waals surface area contributed by atoms with Gasteiger partial charge in [0, 0.05) is 64.1 Å². The van der Waals surface area contributed by atoms with Crippen LogP contribution in [0.5, 0.6) is 0 Å². The van der Waals surface area contributed by atoms with Gasteiger partial charge in [0.1, 0.15) is 0 Å². The topological polar surface area (TPSA) is 75.8 Å². The molecule has 7 rings (SSSR count). The summed E-state index contributed by atoms with van der Waals surface area (Å²) in [7, 11) is 3.25. The number of hydrogen-bond acceptors (Lipinski definition) is 4. The fourth-order valence-electron chi connectivity index (χ4n) is 8.29. The van der Waals surface area contributed by atoms with Gasteiger partial charge < -0.3 is 19.4 Å². The third-order valence-corrected chi connectivity index (χ3v) is 12.2. The van der Waals surface area contributed by atoms with Crippen LogP contribution in [0.4, 0.5) is 0 Å². The molecule has 0 radical (unpaired) electrons. The largest absolute Gasteiger partial charge is 0.355 e. The molecular formula is C53H56N4O2. The summed E-state index contributed by atoms with van der Waals surface area (Å²) in [5.74, 6) is 12.9. The Hall–Kier alpha value is -5.92. The maximum absolute atomic E-state index is 5.53. The zero-order valence-corrected chi connectivity index (χ0v) is 36.4. The second kappa shape index (κ2) is 17.9. The summed E-state index contributed by atoms with van der Waals surface area (Å²) in [5, 5.41) is 0. The van der Waals surface area contributed by atoms with Crippen molar-refractivity contribution in [1.29, 1.82) is 0 Å². The van der Waals surface area contributed by atoms with Crippen molar-refractivity contribution >= 4 is 44.4 Å². The standard InChI is InChI=1S/C53H56N4O2/c1-11-13-25-40-36(7)46-29-44-32(3)34(5)51(56-44)50(42-27-19-17-22-38(42)21-15-16-23-39-24-18-20-28-43(39)53(58-9)59-10)52-35(6)33(4)45(57-52)30-47-37(8)41(26-14-12-2)49(55-47)31-48(40)54-46/h17-20,22,24,27-31,53-55H,11-14,25-26H2,1-10H3. The zero-order valence-electron chi connectivity index (χ0n) is 36.4. The maximum Gasteiger partial charge on any atom is 0.184 e. The second-order valence-corrected chi connectivity index (χ2v) is 15.8. The Kier molecular flexibility index (Phi) is 12.5. The van der Waals surface area contributed by atoms with E-state index in [1.54, 1.807) is 14.2 Å². The molecule has 0 saturated heterocycles. The lowest BCUT2D eigenvalue weighted by Gasteiger charge is -2.14. The minimum absolute atomic E-state index is 0.513. The highest BCUT2D eigenvalue weighted by molar-refractivity contribution is 6.02. The number of aryl methyl sites for hydroxylation is 4. The van der Waals surface area contributed by atoms with E-state index < -0.39 is 6.29 Å². The van der Waals surface area contributed by atoms with Crippen LogP contribution < -0.4 is 0 Å². The highest BCUT2D eigenvalue weighted by atomic mass is 16.7. The molecule has 6 heteroatoms. The molecule has 0 atom stereocenters. The predicted molar refractivity (Wildman–Crippen MR) is 246 cm³/mol. The fourth-order valence-corrected chi connectivity index (χ4v) is 8.29. The molecule has 6 nitrogen and oxygen atoms in total.